The Morgan fingerprint density at radius 3 is 2.57 bits per heavy atom. The average molecular weight is 403 g/mol. The quantitative estimate of drug-likeness (QED) is 0.621. The molecule has 0 bridgehead atoms. The highest BCUT2D eigenvalue weighted by atomic mass is 35.5. The second-order valence-corrected chi connectivity index (χ2v) is 6.78. The first kappa shape index (κ1) is 19.7. The summed E-state index contributed by atoms with van der Waals surface area (Å²) < 4.78 is 9.95. The van der Waals surface area contributed by atoms with Gasteiger partial charge in [0.25, 0.3) is 5.91 Å². The molecule has 2 aromatic carbocycles. The maximum atomic E-state index is 12.7. The van der Waals surface area contributed by atoms with Gasteiger partial charge in [0.1, 0.15) is 6.04 Å². The van der Waals surface area contributed by atoms with Gasteiger partial charge in [-0.1, -0.05) is 35.9 Å². The Kier molecular flexibility index (Phi) is 5.84. The molecule has 0 spiro atoms. The molecule has 7 nitrogen and oxygen atoms in total. The van der Waals surface area contributed by atoms with Crippen molar-refractivity contribution in [1.82, 2.24) is 4.90 Å². The number of halogens is 1. The Balaban J connectivity index is 1.72. The zero-order valence-corrected chi connectivity index (χ0v) is 15.9. The average Bonchev–Trinajstić information content (AvgIpc) is 2.70. The predicted molar refractivity (Wildman–Crippen MR) is 103 cm³/mol. The van der Waals surface area contributed by atoms with Crippen molar-refractivity contribution in [2.24, 2.45) is 0 Å². The molecule has 2 aromatic rings. The minimum Gasteiger partial charge on any atom is -0.467 e. The van der Waals surface area contributed by atoms with Crippen LogP contribution in [0.15, 0.2) is 42.5 Å². The number of hydrogen-bond donors (Lipinski definition) is 1. The minimum atomic E-state index is -0.772. The molecule has 1 aliphatic rings. The highest BCUT2D eigenvalue weighted by molar-refractivity contribution is 6.31. The van der Waals surface area contributed by atoms with Gasteiger partial charge in [0.15, 0.2) is 6.61 Å². The van der Waals surface area contributed by atoms with Gasteiger partial charge in [0.05, 0.1) is 12.7 Å². The van der Waals surface area contributed by atoms with E-state index in [4.69, 9.17) is 26.8 Å². The van der Waals surface area contributed by atoms with Crippen LogP contribution in [0.25, 0.3) is 0 Å². The van der Waals surface area contributed by atoms with Crippen molar-refractivity contribution in [3.05, 3.63) is 64.2 Å². The number of hydrogen-bond acceptors (Lipinski definition) is 6. The second-order valence-electron chi connectivity index (χ2n) is 6.34. The molecule has 8 heteroatoms. The zero-order chi connectivity index (χ0) is 20.3. The molecule has 0 unspecified atom stereocenters. The number of fused-ring (bicyclic) bond motifs is 1. The topological polar surface area (TPSA) is 98.9 Å². The molecular formula is C20H19ClN2O5. The smallest absolute Gasteiger partial charge is 0.340 e. The van der Waals surface area contributed by atoms with E-state index in [1.54, 1.807) is 0 Å². The molecule has 28 heavy (non-hydrogen) atoms. The van der Waals surface area contributed by atoms with E-state index in [-0.39, 0.29) is 17.8 Å². The minimum absolute atomic E-state index is 0.116. The lowest BCUT2D eigenvalue weighted by Crippen LogP contribution is -2.50. The standard InChI is InChI=1S/C20H19ClN2O5/c1-27-20(26)17-8-12-4-2-3-5-13(12)10-23(17)18(24)11-28-19(25)15-7-6-14(21)9-16(15)22/h2-7,9,17H,8,10-11,22H2,1H3/t17-/m1/s1. The summed E-state index contributed by atoms with van der Waals surface area (Å²) >= 11 is 5.81. The number of ether oxygens (including phenoxy) is 2. The van der Waals surface area contributed by atoms with Gasteiger partial charge < -0.3 is 20.1 Å². The van der Waals surface area contributed by atoms with Crippen molar-refractivity contribution in [2.45, 2.75) is 19.0 Å². The molecule has 1 atom stereocenters. The van der Waals surface area contributed by atoms with E-state index >= 15 is 0 Å². The summed E-state index contributed by atoms with van der Waals surface area (Å²) in [5.74, 6) is -1.75. The first-order valence-corrected chi connectivity index (χ1v) is 8.94. The van der Waals surface area contributed by atoms with E-state index < -0.39 is 30.5 Å². The van der Waals surface area contributed by atoms with Crippen LogP contribution in [0.4, 0.5) is 5.69 Å². The maximum absolute atomic E-state index is 12.7. The number of carbonyl (C=O) groups is 3. The highest BCUT2D eigenvalue weighted by Gasteiger charge is 2.35. The maximum Gasteiger partial charge on any atom is 0.340 e. The molecule has 0 aromatic heterocycles. The number of nitrogens with two attached hydrogens (primary N) is 1. The van der Waals surface area contributed by atoms with E-state index in [1.165, 1.54) is 30.2 Å². The Morgan fingerprint density at radius 1 is 1.18 bits per heavy atom. The fourth-order valence-electron chi connectivity index (χ4n) is 3.14. The molecular weight excluding hydrogens is 384 g/mol. The van der Waals surface area contributed by atoms with Crippen LogP contribution in [-0.2, 0) is 32.0 Å². The fourth-order valence-corrected chi connectivity index (χ4v) is 3.32. The van der Waals surface area contributed by atoms with Gasteiger partial charge in [-0.15, -0.1) is 0 Å². The van der Waals surface area contributed by atoms with Crippen LogP contribution in [0.3, 0.4) is 0 Å². The number of amides is 1. The lowest BCUT2D eigenvalue weighted by atomic mass is 9.94. The summed E-state index contributed by atoms with van der Waals surface area (Å²) in [5.41, 5.74) is 7.95. The van der Waals surface area contributed by atoms with Crippen molar-refractivity contribution < 1.29 is 23.9 Å². The number of nitrogens with zero attached hydrogens (tertiary/aromatic N) is 1. The Morgan fingerprint density at radius 2 is 1.89 bits per heavy atom. The van der Waals surface area contributed by atoms with E-state index in [1.807, 2.05) is 24.3 Å². The lowest BCUT2D eigenvalue weighted by Gasteiger charge is -2.35. The van der Waals surface area contributed by atoms with Gasteiger partial charge in [-0.25, -0.2) is 9.59 Å². The van der Waals surface area contributed by atoms with E-state index in [9.17, 15) is 14.4 Å². The summed E-state index contributed by atoms with van der Waals surface area (Å²) in [7, 11) is 1.27. The van der Waals surface area contributed by atoms with Crippen LogP contribution in [0, 0.1) is 0 Å². The third-order valence-electron chi connectivity index (χ3n) is 4.60. The number of anilines is 1. The summed E-state index contributed by atoms with van der Waals surface area (Å²) in [6, 6.07) is 11.1. The highest BCUT2D eigenvalue weighted by Crippen LogP contribution is 2.24. The van der Waals surface area contributed by atoms with Crippen LogP contribution in [0.2, 0.25) is 5.02 Å². The van der Waals surface area contributed by atoms with E-state index in [0.29, 0.717) is 11.4 Å². The van der Waals surface area contributed by atoms with Gasteiger partial charge in [-0.05, 0) is 29.3 Å². The van der Waals surface area contributed by atoms with Gasteiger partial charge in [-0.2, -0.15) is 0 Å². The van der Waals surface area contributed by atoms with Crippen molar-refractivity contribution >= 4 is 35.1 Å². The molecule has 0 radical (unpaired) electrons. The third kappa shape index (κ3) is 4.09. The summed E-state index contributed by atoms with van der Waals surface area (Å²) in [4.78, 5) is 38.5. The van der Waals surface area contributed by atoms with Crippen molar-refractivity contribution in [1.29, 1.82) is 0 Å². The monoisotopic (exact) mass is 402 g/mol. The molecule has 3 rings (SSSR count). The molecule has 0 aliphatic carbocycles. The zero-order valence-electron chi connectivity index (χ0n) is 15.2. The summed E-state index contributed by atoms with van der Waals surface area (Å²) in [6.45, 7) is -0.286. The number of nitrogen functional groups attached to an aromatic ring is 1. The lowest BCUT2D eigenvalue weighted by molar-refractivity contribution is -0.155. The Bertz CT molecular complexity index is 931. The molecule has 0 fully saturated rings. The van der Waals surface area contributed by atoms with Crippen molar-refractivity contribution in [3.63, 3.8) is 0 Å². The first-order chi connectivity index (χ1) is 13.4. The number of methoxy groups -OCH3 is 1. The van der Waals surface area contributed by atoms with Gasteiger partial charge in [0.2, 0.25) is 0 Å². The molecule has 2 N–H and O–H groups in total. The second kappa shape index (κ2) is 8.31. The van der Waals surface area contributed by atoms with E-state index in [0.717, 1.165) is 11.1 Å². The first-order valence-electron chi connectivity index (χ1n) is 8.57. The number of rotatable bonds is 4. The van der Waals surface area contributed by atoms with Crippen molar-refractivity contribution in [2.75, 3.05) is 19.5 Å². The molecule has 146 valence electrons. The van der Waals surface area contributed by atoms with Crippen molar-refractivity contribution in [3.8, 4) is 0 Å². The van der Waals surface area contributed by atoms with Crippen LogP contribution < -0.4 is 5.73 Å². The van der Waals surface area contributed by atoms with E-state index in [2.05, 4.69) is 0 Å². The van der Waals surface area contributed by atoms with Crippen LogP contribution >= 0.6 is 11.6 Å². The fraction of sp³-hybridized carbons (Fsp3) is 0.250. The molecule has 0 saturated carbocycles. The number of carbonyl (C=O) groups excluding carboxylic acids is 3. The number of benzene rings is 2. The molecule has 0 saturated heterocycles. The SMILES string of the molecule is COC(=O)[C@H]1Cc2ccccc2CN1C(=O)COC(=O)c1ccc(Cl)cc1N. The molecule has 1 aliphatic heterocycles. The van der Waals surface area contributed by atoms with Crippen LogP contribution in [0.5, 0.6) is 0 Å². The van der Waals surface area contributed by atoms with Crippen LogP contribution in [-0.4, -0.2) is 42.5 Å². The Labute approximate surface area is 167 Å². The number of esters is 2. The van der Waals surface area contributed by atoms with Gasteiger partial charge in [0, 0.05) is 23.7 Å². The summed E-state index contributed by atoms with van der Waals surface area (Å²) in [6.07, 6.45) is 0.340. The predicted octanol–water partition coefficient (Wildman–Crippen LogP) is 2.21. The molecule has 1 heterocycles. The van der Waals surface area contributed by atoms with Gasteiger partial charge >= 0.3 is 11.9 Å². The molecule has 1 amide bonds. The third-order valence-corrected chi connectivity index (χ3v) is 4.84. The normalized spacial score (nSPS) is 15.5. The summed E-state index contributed by atoms with van der Waals surface area (Å²) in [5, 5.41) is 0.387. The Hall–Kier alpha value is -3.06. The van der Waals surface area contributed by atoms with Gasteiger partial charge in [-0.3, -0.25) is 4.79 Å². The largest absolute Gasteiger partial charge is 0.467 e. The van der Waals surface area contributed by atoms with Crippen LogP contribution in [0.1, 0.15) is 21.5 Å².